The lowest BCUT2D eigenvalue weighted by Gasteiger charge is -2.20. The Morgan fingerprint density at radius 2 is 2.10 bits per heavy atom. The van der Waals surface area contributed by atoms with E-state index >= 15 is 0 Å². The highest BCUT2D eigenvalue weighted by Crippen LogP contribution is 2.28. The van der Waals surface area contributed by atoms with Crippen molar-refractivity contribution in [2.75, 3.05) is 13.7 Å². The van der Waals surface area contributed by atoms with Gasteiger partial charge in [-0.25, -0.2) is 4.79 Å². The second kappa shape index (κ2) is 7.30. The molecule has 6 nitrogen and oxygen atoms in total. The van der Waals surface area contributed by atoms with Crippen molar-refractivity contribution in [2.24, 2.45) is 0 Å². The number of benzene rings is 1. The van der Waals surface area contributed by atoms with Crippen molar-refractivity contribution < 1.29 is 24.5 Å². The van der Waals surface area contributed by atoms with Crippen LogP contribution in [-0.4, -0.2) is 35.8 Å². The van der Waals surface area contributed by atoms with E-state index in [1.165, 1.54) is 7.11 Å². The first-order valence-electron chi connectivity index (χ1n) is 5.95. The molecular formula is C14H17NO5. The molecule has 0 aliphatic rings. The second-order valence-electron chi connectivity index (χ2n) is 4.11. The van der Waals surface area contributed by atoms with Crippen molar-refractivity contribution in [3.63, 3.8) is 0 Å². The summed E-state index contributed by atoms with van der Waals surface area (Å²) in [7, 11) is 1.50. The van der Waals surface area contributed by atoms with Crippen LogP contribution in [-0.2, 0) is 9.59 Å². The minimum absolute atomic E-state index is 0.326. The fraction of sp³-hybridized carbons (Fsp3) is 0.286. The third-order valence-electron chi connectivity index (χ3n) is 2.73. The Morgan fingerprint density at radius 3 is 2.65 bits per heavy atom. The molecule has 1 aromatic carbocycles. The van der Waals surface area contributed by atoms with Crippen molar-refractivity contribution in [1.29, 1.82) is 0 Å². The highest BCUT2D eigenvalue weighted by atomic mass is 16.5. The van der Waals surface area contributed by atoms with Gasteiger partial charge in [0.25, 0.3) is 0 Å². The van der Waals surface area contributed by atoms with Crippen LogP contribution in [0, 0.1) is 6.92 Å². The molecule has 0 spiro atoms. The summed E-state index contributed by atoms with van der Waals surface area (Å²) in [5.74, 6) is -1.27. The molecule has 1 atom stereocenters. The molecule has 0 heterocycles. The molecule has 0 aromatic heterocycles. The maximum Gasteiger partial charge on any atom is 0.328 e. The van der Waals surface area contributed by atoms with Gasteiger partial charge < -0.3 is 20.3 Å². The van der Waals surface area contributed by atoms with Crippen LogP contribution in [0.3, 0.4) is 0 Å². The highest BCUT2D eigenvalue weighted by Gasteiger charge is 2.19. The van der Waals surface area contributed by atoms with Gasteiger partial charge in [-0.2, -0.15) is 0 Å². The summed E-state index contributed by atoms with van der Waals surface area (Å²) in [6.45, 7) is 1.51. The predicted molar refractivity (Wildman–Crippen MR) is 72.5 cm³/mol. The molecule has 1 rings (SSSR count). The van der Waals surface area contributed by atoms with E-state index in [0.29, 0.717) is 11.3 Å². The molecule has 1 amide bonds. The SMILES string of the molecule is COc1cccc(C)c1[C@@H](CO)NC(=O)/C=C\C(=O)O. The Hall–Kier alpha value is -2.34. The predicted octanol–water partition coefficient (Wildman–Crippen LogP) is 0.794. The number of hydrogen-bond donors (Lipinski definition) is 3. The first-order valence-corrected chi connectivity index (χ1v) is 5.95. The van der Waals surface area contributed by atoms with Gasteiger partial charge in [0.15, 0.2) is 0 Å². The number of carboxylic acid groups (broad SMARTS) is 1. The molecular weight excluding hydrogens is 262 g/mol. The van der Waals surface area contributed by atoms with E-state index in [-0.39, 0.29) is 6.61 Å². The third kappa shape index (κ3) is 4.10. The van der Waals surface area contributed by atoms with Crippen LogP contribution in [0.1, 0.15) is 17.2 Å². The summed E-state index contributed by atoms with van der Waals surface area (Å²) >= 11 is 0. The zero-order valence-corrected chi connectivity index (χ0v) is 11.3. The van der Waals surface area contributed by atoms with E-state index < -0.39 is 17.9 Å². The van der Waals surface area contributed by atoms with E-state index in [1.807, 2.05) is 13.0 Å². The fourth-order valence-corrected chi connectivity index (χ4v) is 1.85. The van der Waals surface area contributed by atoms with Gasteiger partial charge in [0.2, 0.25) is 5.91 Å². The van der Waals surface area contributed by atoms with E-state index in [0.717, 1.165) is 17.7 Å². The Labute approximate surface area is 116 Å². The Morgan fingerprint density at radius 1 is 1.40 bits per heavy atom. The number of carbonyl (C=O) groups is 2. The zero-order valence-electron chi connectivity index (χ0n) is 11.3. The van der Waals surface area contributed by atoms with Crippen LogP contribution in [0.15, 0.2) is 30.4 Å². The van der Waals surface area contributed by atoms with Crippen molar-refractivity contribution in [2.45, 2.75) is 13.0 Å². The number of aliphatic hydroxyl groups is 1. The molecule has 108 valence electrons. The van der Waals surface area contributed by atoms with E-state index in [9.17, 15) is 14.7 Å². The van der Waals surface area contributed by atoms with E-state index in [1.54, 1.807) is 12.1 Å². The molecule has 20 heavy (non-hydrogen) atoms. The topological polar surface area (TPSA) is 95.9 Å². The summed E-state index contributed by atoms with van der Waals surface area (Å²) in [5, 5.41) is 20.4. The van der Waals surface area contributed by atoms with Gasteiger partial charge in [0.05, 0.1) is 19.8 Å². The zero-order chi connectivity index (χ0) is 15.1. The van der Waals surface area contributed by atoms with Gasteiger partial charge in [-0.1, -0.05) is 12.1 Å². The summed E-state index contributed by atoms with van der Waals surface area (Å²) in [6, 6.07) is 4.69. The fourth-order valence-electron chi connectivity index (χ4n) is 1.85. The number of aryl methyl sites for hydroxylation is 1. The molecule has 1 aromatic rings. The lowest BCUT2D eigenvalue weighted by Crippen LogP contribution is -2.30. The maximum absolute atomic E-state index is 11.6. The van der Waals surface area contributed by atoms with Crippen LogP contribution in [0.5, 0.6) is 5.75 Å². The molecule has 0 saturated carbocycles. The molecule has 0 unspecified atom stereocenters. The Balaban J connectivity index is 2.97. The van der Waals surface area contributed by atoms with Gasteiger partial charge in [-0.3, -0.25) is 4.79 Å². The molecule has 0 bridgehead atoms. The van der Waals surface area contributed by atoms with E-state index in [4.69, 9.17) is 9.84 Å². The minimum atomic E-state index is -1.21. The summed E-state index contributed by atoms with van der Waals surface area (Å²) in [6.07, 6.45) is 1.63. The summed E-state index contributed by atoms with van der Waals surface area (Å²) in [4.78, 5) is 21.9. The number of aliphatic hydroxyl groups excluding tert-OH is 1. The molecule has 0 fully saturated rings. The van der Waals surface area contributed by atoms with Gasteiger partial charge in [-0.05, 0) is 18.6 Å². The van der Waals surface area contributed by atoms with Gasteiger partial charge >= 0.3 is 5.97 Å². The van der Waals surface area contributed by atoms with Gasteiger partial charge in [-0.15, -0.1) is 0 Å². The number of ether oxygens (including phenoxy) is 1. The minimum Gasteiger partial charge on any atom is -0.496 e. The van der Waals surface area contributed by atoms with Crippen LogP contribution >= 0.6 is 0 Å². The first kappa shape index (κ1) is 15.7. The van der Waals surface area contributed by atoms with Crippen LogP contribution in [0.4, 0.5) is 0 Å². The number of amides is 1. The first-order chi connectivity index (χ1) is 9.49. The van der Waals surface area contributed by atoms with Crippen molar-refractivity contribution in [3.8, 4) is 5.75 Å². The molecule has 0 saturated heterocycles. The molecule has 0 radical (unpaired) electrons. The highest BCUT2D eigenvalue weighted by molar-refractivity contribution is 5.94. The van der Waals surface area contributed by atoms with Crippen molar-refractivity contribution in [3.05, 3.63) is 41.5 Å². The molecule has 3 N–H and O–H groups in total. The smallest absolute Gasteiger partial charge is 0.328 e. The number of nitrogens with one attached hydrogen (secondary N) is 1. The number of hydrogen-bond acceptors (Lipinski definition) is 4. The largest absolute Gasteiger partial charge is 0.496 e. The van der Waals surface area contributed by atoms with E-state index in [2.05, 4.69) is 5.32 Å². The van der Waals surface area contributed by atoms with Gasteiger partial charge in [0.1, 0.15) is 5.75 Å². The molecule has 0 aliphatic heterocycles. The number of aliphatic carboxylic acids is 1. The lowest BCUT2D eigenvalue weighted by molar-refractivity contribution is -0.131. The molecule has 0 aliphatic carbocycles. The van der Waals surface area contributed by atoms with Crippen LogP contribution in [0.2, 0.25) is 0 Å². The second-order valence-corrected chi connectivity index (χ2v) is 4.11. The van der Waals surface area contributed by atoms with Crippen LogP contribution in [0.25, 0.3) is 0 Å². The average Bonchev–Trinajstić information content (AvgIpc) is 2.42. The van der Waals surface area contributed by atoms with Crippen molar-refractivity contribution >= 4 is 11.9 Å². The Kier molecular flexibility index (Phi) is 5.74. The average molecular weight is 279 g/mol. The Bertz CT molecular complexity index is 524. The number of rotatable bonds is 6. The maximum atomic E-state index is 11.6. The van der Waals surface area contributed by atoms with Crippen LogP contribution < -0.4 is 10.1 Å². The normalized spacial score (nSPS) is 12.2. The summed E-state index contributed by atoms with van der Waals surface area (Å²) < 4.78 is 5.21. The lowest BCUT2D eigenvalue weighted by atomic mass is 10.0. The number of methoxy groups -OCH3 is 1. The van der Waals surface area contributed by atoms with Gasteiger partial charge in [0, 0.05) is 17.7 Å². The third-order valence-corrected chi connectivity index (χ3v) is 2.73. The number of carbonyl (C=O) groups excluding carboxylic acids is 1. The standard InChI is InChI=1S/C14H17NO5/c1-9-4-3-5-11(20-2)14(9)10(8-16)15-12(17)6-7-13(18)19/h3-7,10,16H,8H2,1-2H3,(H,15,17)(H,18,19)/b7-6-/t10-/m1/s1. The molecule has 6 heteroatoms. The summed E-state index contributed by atoms with van der Waals surface area (Å²) in [5.41, 5.74) is 1.51. The number of carboxylic acids is 1. The van der Waals surface area contributed by atoms with Crippen molar-refractivity contribution in [1.82, 2.24) is 5.32 Å². The quantitative estimate of drug-likeness (QED) is 0.669. The monoisotopic (exact) mass is 279 g/mol.